The summed E-state index contributed by atoms with van der Waals surface area (Å²) < 4.78 is 3.78. The third-order valence-electron chi connectivity index (χ3n) is 3.13. The quantitative estimate of drug-likeness (QED) is 0.911. The van der Waals surface area contributed by atoms with Crippen LogP contribution in [-0.2, 0) is 13.6 Å². The van der Waals surface area contributed by atoms with Crippen molar-refractivity contribution >= 4 is 11.5 Å². The summed E-state index contributed by atoms with van der Waals surface area (Å²) in [5, 5.41) is 8.69. The van der Waals surface area contributed by atoms with Crippen molar-refractivity contribution in [1.82, 2.24) is 19.6 Å². The maximum atomic E-state index is 6.16. The Balaban J connectivity index is 2.30. The Hall–Kier alpha value is -1.98. The molecule has 2 heterocycles. The van der Waals surface area contributed by atoms with E-state index in [4.69, 9.17) is 5.73 Å². The van der Waals surface area contributed by atoms with E-state index in [1.807, 2.05) is 38.1 Å². The van der Waals surface area contributed by atoms with Gasteiger partial charge in [-0.2, -0.15) is 10.2 Å². The minimum Gasteiger partial charge on any atom is -0.394 e. The number of hydrogen-bond donors (Lipinski definition) is 1. The average Bonchev–Trinajstić information content (AvgIpc) is 2.84. The van der Waals surface area contributed by atoms with Gasteiger partial charge < -0.3 is 10.6 Å². The second kappa shape index (κ2) is 4.95. The minimum atomic E-state index is 0.280. The van der Waals surface area contributed by atoms with Crippen molar-refractivity contribution in [2.75, 3.05) is 17.7 Å². The Labute approximate surface area is 113 Å². The molecule has 6 heteroatoms. The maximum Gasteiger partial charge on any atom is 0.150 e. The Kier molecular flexibility index (Phi) is 3.50. The molecule has 0 fully saturated rings. The lowest BCUT2D eigenvalue weighted by atomic mass is 10.3. The van der Waals surface area contributed by atoms with Gasteiger partial charge in [-0.15, -0.1) is 0 Å². The molecule has 0 atom stereocenters. The first kappa shape index (κ1) is 13.5. The standard InChI is InChI=1S/C13H22N6/c1-9(2)19-13(12(14)10(3)16-19)17(4)7-11-6-15-18(5)8-11/h6,8-9H,7,14H2,1-5H3. The largest absolute Gasteiger partial charge is 0.394 e. The summed E-state index contributed by atoms with van der Waals surface area (Å²) in [7, 11) is 3.94. The van der Waals surface area contributed by atoms with Gasteiger partial charge in [0.25, 0.3) is 0 Å². The second-order valence-electron chi connectivity index (χ2n) is 5.24. The molecule has 0 bridgehead atoms. The molecule has 0 spiro atoms. The first-order valence-corrected chi connectivity index (χ1v) is 6.43. The molecule has 2 rings (SSSR count). The molecular weight excluding hydrogens is 240 g/mol. The highest BCUT2D eigenvalue weighted by Crippen LogP contribution is 2.29. The van der Waals surface area contributed by atoms with Crippen LogP contribution in [0.4, 0.5) is 11.5 Å². The van der Waals surface area contributed by atoms with Gasteiger partial charge >= 0.3 is 0 Å². The van der Waals surface area contributed by atoms with Crippen molar-refractivity contribution in [2.24, 2.45) is 7.05 Å². The van der Waals surface area contributed by atoms with Crippen LogP contribution >= 0.6 is 0 Å². The Morgan fingerprint density at radius 3 is 2.63 bits per heavy atom. The number of hydrogen-bond acceptors (Lipinski definition) is 4. The van der Waals surface area contributed by atoms with Crippen molar-refractivity contribution in [3.8, 4) is 0 Å². The number of aromatic nitrogens is 4. The monoisotopic (exact) mass is 262 g/mol. The van der Waals surface area contributed by atoms with Crippen LogP contribution in [0.15, 0.2) is 12.4 Å². The van der Waals surface area contributed by atoms with E-state index >= 15 is 0 Å². The summed E-state index contributed by atoms with van der Waals surface area (Å²) in [6.45, 7) is 6.91. The van der Waals surface area contributed by atoms with Gasteiger partial charge in [-0.25, -0.2) is 4.68 Å². The average molecular weight is 262 g/mol. The van der Waals surface area contributed by atoms with Crippen LogP contribution in [0.1, 0.15) is 31.1 Å². The molecule has 0 aliphatic heterocycles. The van der Waals surface area contributed by atoms with Crippen molar-refractivity contribution < 1.29 is 0 Å². The fourth-order valence-electron chi connectivity index (χ4n) is 2.19. The summed E-state index contributed by atoms with van der Waals surface area (Å²) >= 11 is 0. The molecule has 0 unspecified atom stereocenters. The molecular formula is C13H22N6. The lowest BCUT2D eigenvalue weighted by Crippen LogP contribution is -2.22. The van der Waals surface area contributed by atoms with Gasteiger partial charge in [0, 0.05) is 38.4 Å². The maximum absolute atomic E-state index is 6.16. The predicted octanol–water partition coefficient (Wildman–Crippen LogP) is 1.72. The topological polar surface area (TPSA) is 64.9 Å². The molecule has 0 aliphatic carbocycles. The van der Waals surface area contributed by atoms with Gasteiger partial charge in [-0.1, -0.05) is 0 Å². The molecule has 0 saturated heterocycles. The molecule has 104 valence electrons. The van der Waals surface area contributed by atoms with Crippen LogP contribution in [0.5, 0.6) is 0 Å². The molecule has 2 N–H and O–H groups in total. The van der Waals surface area contributed by atoms with E-state index in [0.717, 1.165) is 29.3 Å². The van der Waals surface area contributed by atoms with Crippen LogP contribution in [0.3, 0.4) is 0 Å². The Bertz CT molecular complexity index is 566. The number of rotatable bonds is 4. The summed E-state index contributed by atoms with van der Waals surface area (Å²) in [5.41, 5.74) is 8.93. The number of aryl methyl sites for hydroxylation is 2. The van der Waals surface area contributed by atoms with E-state index in [2.05, 4.69) is 28.9 Å². The molecule has 6 nitrogen and oxygen atoms in total. The highest BCUT2D eigenvalue weighted by atomic mass is 15.4. The number of nitrogen functional groups attached to an aromatic ring is 1. The first-order valence-electron chi connectivity index (χ1n) is 6.43. The SMILES string of the molecule is Cc1nn(C(C)C)c(N(C)Cc2cnn(C)c2)c1N. The fourth-order valence-corrected chi connectivity index (χ4v) is 2.19. The van der Waals surface area contributed by atoms with E-state index in [1.54, 1.807) is 4.68 Å². The highest BCUT2D eigenvalue weighted by Gasteiger charge is 2.18. The van der Waals surface area contributed by atoms with Crippen molar-refractivity contribution in [2.45, 2.75) is 33.4 Å². The third-order valence-corrected chi connectivity index (χ3v) is 3.13. The first-order chi connectivity index (χ1) is 8.90. The summed E-state index contributed by atoms with van der Waals surface area (Å²) in [4.78, 5) is 2.12. The van der Waals surface area contributed by atoms with Crippen molar-refractivity contribution in [3.05, 3.63) is 23.7 Å². The van der Waals surface area contributed by atoms with Gasteiger partial charge in [0.1, 0.15) is 0 Å². The highest BCUT2D eigenvalue weighted by molar-refractivity contribution is 5.66. The zero-order valence-electron chi connectivity index (χ0n) is 12.3. The number of nitrogens with two attached hydrogens (primary N) is 1. The van der Waals surface area contributed by atoms with Crippen LogP contribution < -0.4 is 10.6 Å². The fraction of sp³-hybridized carbons (Fsp3) is 0.538. The van der Waals surface area contributed by atoms with Crippen molar-refractivity contribution in [3.63, 3.8) is 0 Å². The second-order valence-corrected chi connectivity index (χ2v) is 5.24. The summed E-state index contributed by atoms with van der Waals surface area (Å²) in [6.07, 6.45) is 3.88. The van der Waals surface area contributed by atoms with E-state index in [-0.39, 0.29) is 6.04 Å². The summed E-state index contributed by atoms with van der Waals surface area (Å²) in [6, 6.07) is 0.280. The zero-order valence-corrected chi connectivity index (χ0v) is 12.3. The normalized spacial score (nSPS) is 11.3. The lowest BCUT2D eigenvalue weighted by Gasteiger charge is -2.22. The van der Waals surface area contributed by atoms with Gasteiger partial charge in [0.2, 0.25) is 0 Å². The smallest absolute Gasteiger partial charge is 0.150 e. The van der Waals surface area contributed by atoms with Crippen LogP contribution in [0.25, 0.3) is 0 Å². The Morgan fingerprint density at radius 1 is 1.42 bits per heavy atom. The molecule has 0 aromatic carbocycles. The molecule has 19 heavy (non-hydrogen) atoms. The predicted molar refractivity (Wildman–Crippen MR) is 77.1 cm³/mol. The van der Waals surface area contributed by atoms with E-state index in [9.17, 15) is 0 Å². The third kappa shape index (κ3) is 2.57. The molecule has 0 radical (unpaired) electrons. The zero-order chi connectivity index (χ0) is 14.2. The van der Waals surface area contributed by atoms with Crippen LogP contribution in [0, 0.1) is 6.92 Å². The molecule has 0 aliphatic rings. The molecule has 2 aromatic rings. The Morgan fingerprint density at radius 2 is 2.11 bits per heavy atom. The lowest BCUT2D eigenvalue weighted by molar-refractivity contribution is 0.525. The van der Waals surface area contributed by atoms with Gasteiger partial charge in [-0.3, -0.25) is 4.68 Å². The van der Waals surface area contributed by atoms with Gasteiger partial charge in [0.15, 0.2) is 5.82 Å². The molecule has 0 saturated carbocycles. The minimum absolute atomic E-state index is 0.280. The van der Waals surface area contributed by atoms with Gasteiger partial charge in [0.05, 0.1) is 17.6 Å². The van der Waals surface area contributed by atoms with Crippen LogP contribution in [0.2, 0.25) is 0 Å². The van der Waals surface area contributed by atoms with E-state index in [0.29, 0.717) is 0 Å². The number of anilines is 2. The number of nitrogens with zero attached hydrogens (tertiary/aromatic N) is 5. The van der Waals surface area contributed by atoms with Crippen molar-refractivity contribution in [1.29, 1.82) is 0 Å². The summed E-state index contributed by atoms with van der Waals surface area (Å²) in [5.74, 6) is 0.969. The molecule has 2 aromatic heterocycles. The van der Waals surface area contributed by atoms with E-state index in [1.165, 1.54) is 0 Å². The molecule has 0 amide bonds. The van der Waals surface area contributed by atoms with Crippen LogP contribution in [-0.4, -0.2) is 26.6 Å². The van der Waals surface area contributed by atoms with Gasteiger partial charge in [-0.05, 0) is 20.8 Å². The van der Waals surface area contributed by atoms with E-state index < -0.39 is 0 Å².